The van der Waals surface area contributed by atoms with E-state index in [1.54, 1.807) is 18.3 Å². The highest BCUT2D eigenvalue weighted by molar-refractivity contribution is 5.94. The van der Waals surface area contributed by atoms with Gasteiger partial charge in [0.25, 0.3) is 0 Å². The Hall–Kier alpha value is -2.60. The van der Waals surface area contributed by atoms with E-state index in [1.807, 2.05) is 19.1 Å². The van der Waals surface area contributed by atoms with Crippen LogP contribution in [0, 0.1) is 0 Å². The monoisotopic (exact) mass is 354 g/mol. The largest absolute Gasteiger partial charge is 0.462 e. The van der Waals surface area contributed by atoms with Gasteiger partial charge in [-0.05, 0) is 36.2 Å². The van der Waals surface area contributed by atoms with Crippen LogP contribution in [-0.2, 0) is 11.3 Å². The lowest BCUT2D eigenvalue weighted by Gasteiger charge is -2.36. The number of benzene rings is 1. The Balaban J connectivity index is 1.61. The van der Waals surface area contributed by atoms with E-state index < -0.39 is 0 Å². The normalized spacial score (nSPS) is 15.0. The third-order valence-corrected chi connectivity index (χ3v) is 4.50. The minimum Gasteiger partial charge on any atom is -0.462 e. The zero-order valence-electron chi connectivity index (χ0n) is 15.2. The standard InChI is InChI=1S/C20H26N4O2/c1-2-14-26-20(25)18-4-3-9-22-19(18)24-12-10-23(11-13-24)15-16-5-7-17(21)8-6-16/h3-9H,2,10-15,21H2,1H3. The van der Waals surface area contributed by atoms with E-state index >= 15 is 0 Å². The fraction of sp³-hybridized carbons (Fsp3) is 0.400. The highest BCUT2D eigenvalue weighted by Gasteiger charge is 2.23. The number of esters is 1. The van der Waals surface area contributed by atoms with Crippen LogP contribution in [-0.4, -0.2) is 48.6 Å². The lowest BCUT2D eigenvalue weighted by molar-refractivity contribution is 0.0505. The maximum atomic E-state index is 12.3. The Morgan fingerprint density at radius 3 is 2.58 bits per heavy atom. The molecule has 1 saturated heterocycles. The van der Waals surface area contributed by atoms with Crippen molar-refractivity contribution in [2.24, 2.45) is 0 Å². The number of nitrogens with two attached hydrogens (primary N) is 1. The summed E-state index contributed by atoms with van der Waals surface area (Å²) in [6.45, 7) is 6.83. The van der Waals surface area contributed by atoms with E-state index in [1.165, 1.54) is 5.56 Å². The van der Waals surface area contributed by atoms with Crippen molar-refractivity contribution in [2.75, 3.05) is 43.4 Å². The molecular weight excluding hydrogens is 328 g/mol. The van der Waals surface area contributed by atoms with E-state index in [4.69, 9.17) is 10.5 Å². The molecular formula is C20H26N4O2. The second kappa shape index (κ2) is 8.67. The molecule has 0 aliphatic carbocycles. The van der Waals surface area contributed by atoms with Crippen LogP contribution >= 0.6 is 0 Å². The molecule has 0 unspecified atom stereocenters. The molecule has 1 fully saturated rings. The van der Waals surface area contributed by atoms with E-state index in [9.17, 15) is 4.79 Å². The van der Waals surface area contributed by atoms with Crippen LogP contribution in [0.15, 0.2) is 42.6 Å². The number of hydrogen-bond donors (Lipinski definition) is 1. The van der Waals surface area contributed by atoms with Gasteiger partial charge in [0, 0.05) is 44.6 Å². The number of pyridine rings is 1. The van der Waals surface area contributed by atoms with E-state index in [0.29, 0.717) is 12.2 Å². The third kappa shape index (κ3) is 4.52. The summed E-state index contributed by atoms with van der Waals surface area (Å²) in [6.07, 6.45) is 2.54. The number of hydrogen-bond acceptors (Lipinski definition) is 6. The number of carbonyl (C=O) groups excluding carboxylic acids is 1. The van der Waals surface area contributed by atoms with Crippen molar-refractivity contribution in [2.45, 2.75) is 19.9 Å². The molecule has 0 amide bonds. The number of piperazine rings is 1. The topological polar surface area (TPSA) is 71.7 Å². The van der Waals surface area contributed by atoms with Crippen molar-refractivity contribution in [3.63, 3.8) is 0 Å². The minimum absolute atomic E-state index is 0.292. The molecule has 0 saturated carbocycles. The molecule has 138 valence electrons. The highest BCUT2D eigenvalue weighted by atomic mass is 16.5. The number of aromatic nitrogens is 1. The Kier molecular flexibility index (Phi) is 6.07. The molecule has 0 spiro atoms. The quantitative estimate of drug-likeness (QED) is 0.635. The average molecular weight is 354 g/mol. The Labute approximate surface area is 154 Å². The summed E-state index contributed by atoms with van der Waals surface area (Å²) >= 11 is 0. The fourth-order valence-corrected chi connectivity index (χ4v) is 3.08. The molecule has 0 bridgehead atoms. The summed E-state index contributed by atoms with van der Waals surface area (Å²) < 4.78 is 5.29. The number of ether oxygens (including phenoxy) is 1. The first kappa shape index (κ1) is 18.2. The van der Waals surface area contributed by atoms with Crippen molar-refractivity contribution in [1.82, 2.24) is 9.88 Å². The van der Waals surface area contributed by atoms with E-state index in [2.05, 4.69) is 26.9 Å². The molecule has 1 aromatic carbocycles. The molecule has 3 rings (SSSR count). The maximum absolute atomic E-state index is 12.3. The van der Waals surface area contributed by atoms with Gasteiger partial charge in [0.2, 0.25) is 0 Å². The first-order chi connectivity index (χ1) is 12.7. The summed E-state index contributed by atoms with van der Waals surface area (Å²) in [6, 6.07) is 11.6. The maximum Gasteiger partial charge on any atom is 0.341 e. The average Bonchev–Trinajstić information content (AvgIpc) is 2.68. The zero-order chi connectivity index (χ0) is 18.4. The lowest BCUT2D eigenvalue weighted by atomic mass is 10.1. The van der Waals surface area contributed by atoms with Gasteiger partial charge in [-0.15, -0.1) is 0 Å². The van der Waals surface area contributed by atoms with E-state index in [-0.39, 0.29) is 5.97 Å². The highest BCUT2D eigenvalue weighted by Crippen LogP contribution is 2.21. The van der Waals surface area contributed by atoms with Crippen LogP contribution in [0.2, 0.25) is 0 Å². The van der Waals surface area contributed by atoms with Gasteiger partial charge in [-0.3, -0.25) is 4.90 Å². The van der Waals surface area contributed by atoms with Crippen molar-refractivity contribution >= 4 is 17.5 Å². The molecule has 2 aromatic rings. The van der Waals surface area contributed by atoms with Crippen molar-refractivity contribution in [3.8, 4) is 0 Å². The summed E-state index contributed by atoms with van der Waals surface area (Å²) in [7, 11) is 0. The van der Waals surface area contributed by atoms with Gasteiger partial charge in [-0.1, -0.05) is 19.1 Å². The number of carbonyl (C=O) groups is 1. The molecule has 6 heteroatoms. The van der Waals surface area contributed by atoms with Gasteiger partial charge in [-0.2, -0.15) is 0 Å². The van der Waals surface area contributed by atoms with Crippen LogP contribution in [0.5, 0.6) is 0 Å². The van der Waals surface area contributed by atoms with Gasteiger partial charge < -0.3 is 15.4 Å². The molecule has 2 heterocycles. The molecule has 2 N–H and O–H groups in total. The van der Waals surface area contributed by atoms with Crippen molar-refractivity contribution in [1.29, 1.82) is 0 Å². The smallest absolute Gasteiger partial charge is 0.341 e. The zero-order valence-corrected chi connectivity index (χ0v) is 15.2. The Bertz CT molecular complexity index is 725. The minimum atomic E-state index is -0.292. The SMILES string of the molecule is CCCOC(=O)c1cccnc1N1CCN(Cc2ccc(N)cc2)CC1. The van der Waals surface area contributed by atoms with Crippen LogP contribution in [0.25, 0.3) is 0 Å². The van der Waals surface area contributed by atoms with Crippen molar-refractivity contribution < 1.29 is 9.53 Å². The van der Waals surface area contributed by atoms with Crippen LogP contribution < -0.4 is 10.6 Å². The van der Waals surface area contributed by atoms with Gasteiger partial charge in [0.15, 0.2) is 0 Å². The van der Waals surface area contributed by atoms with Gasteiger partial charge in [0.05, 0.1) is 6.61 Å². The van der Waals surface area contributed by atoms with Gasteiger partial charge in [-0.25, -0.2) is 9.78 Å². The fourth-order valence-electron chi connectivity index (χ4n) is 3.08. The molecule has 1 aromatic heterocycles. The number of nitrogens with zero attached hydrogens (tertiary/aromatic N) is 3. The predicted octanol–water partition coefficient (Wildman–Crippen LogP) is 2.55. The summed E-state index contributed by atoms with van der Waals surface area (Å²) in [5.41, 5.74) is 8.34. The molecule has 6 nitrogen and oxygen atoms in total. The summed E-state index contributed by atoms with van der Waals surface area (Å²) in [4.78, 5) is 21.3. The first-order valence-corrected chi connectivity index (χ1v) is 9.11. The Morgan fingerprint density at radius 1 is 1.15 bits per heavy atom. The first-order valence-electron chi connectivity index (χ1n) is 9.11. The summed E-state index contributed by atoms with van der Waals surface area (Å²) in [5.74, 6) is 0.431. The summed E-state index contributed by atoms with van der Waals surface area (Å²) in [5, 5.41) is 0. The molecule has 0 radical (unpaired) electrons. The molecule has 26 heavy (non-hydrogen) atoms. The van der Waals surface area contributed by atoms with Crippen LogP contribution in [0.4, 0.5) is 11.5 Å². The molecule has 1 aliphatic rings. The van der Waals surface area contributed by atoms with Gasteiger partial charge >= 0.3 is 5.97 Å². The van der Waals surface area contributed by atoms with E-state index in [0.717, 1.165) is 50.6 Å². The van der Waals surface area contributed by atoms with Gasteiger partial charge in [0.1, 0.15) is 11.4 Å². The molecule has 1 aliphatic heterocycles. The van der Waals surface area contributed by atoms with Crippen molar-refractivity contribution in [3.05, 3.63) is 53.7 Å². The second-order valence-electron chi connectivity index (χ2n) is 6.52. The number of nitrogen functional groups attached to an aromatic ring is 1. The second-order valence-corrected chi connectivity index (χ2v) is 6.52. The van der Waals surface area contributed by atoms with Crippen LogP contribution in [0.1, 0.15) is 29.3 Å². The number of anilines is 2. The lowest BCUT2D eigenvalue weighted by Crippen LogP contribution is -2.46. The molecule has 0 atom stereocenters. The number of rotatable bonds is 6. The Morgan fingerprint density at radius 2 is 1.88 bits per heavy atom. The van der Waals surface area contributed by atoms with Crippen LogP contribution in [0.3, 0.4) is 0 Å². The third-order valence-electron chi connectivity index (χ3n) is 4.50. The predicted molar refractivity (Wildman–Crippen MR) is 103 cm³/mol.